The number of para-hydroxylation sites is 1. The zero-order chi connectivity index (χ0) is 19.3. The third-order valence-electron chi connectivity index (χ3n) is 3.86. The number of hydrogen-bond donors (Lipinski definition) is 4. The maximum Gasteiger partial charge on any atom is 0.317 e. The fourth-order valence-electron chi connectivity index (χ4n) is 2.92. The van der Waals surface area contributed by atoms with Crippen molar-refractivity contribution in [2.24, 2.45) is 16.6 Å². The van der Waals surface area contributed by atoms with Crippen molar-refractivity contribution in [2.45, 2.75) is 19.9 Å². The lowest BCUT2D eigenvalue weighted by molar-refractivity contribution is -0.135. The van der Waals surface area contributed by atoms with Gasteiger partial charge in [0.1, 0.15) is 11.7 Å². The number of carbonyl (C=O) groups is 2. The zero-order valence-corrected chi connectivity index (χ0v) is 17.9. The molecule has 9 heteroatoms. The number of carbonyl (C=O) groups excluding carboxylic acids is 1. The van der Waals surface area contributed by atoms with Crippen molar-refractivity contribution in [1.29, 1.82) is 0 Å². The number of amides is 1. The Morgan fingerprint density at radius 1 is 1.37 bits per heavy atom. The Morgan fingerprint density at radius 2 is 2.04 bits per heavy atom. The predicted molar refractivity (Wildman–Crippen MR) is 116 cm³/mol. The highest BCUT2D eigenvalue weighted by molar-refractivity contribution is 14.0. The van der Waals surface area contributed by atoms with Crippen LogP contribution in [0.4, 0.5) is 5.69 Å². The van der Waals surface area contributed by atoms with Gasteiger partial charge in [-0.3, -0.25) is 9.59 Å². The summed E-state index contributed by atoms with van der Waals surface area (Å²) in [4.78, 5) is 27.8. The van der Waals surface area contributed by atoms with Crippen LogP contribution in [-0.2, 0) is 9.59 Å². The van der Waals surface area contributed by atoms with E-state index in [-0.39, 0.29) is 36.6 Å². The van der Waals surface area contributed by atoms with Crippen molar-refractivity contribution >= 4 is 47.9 Å². The van der Waals surface area contributed by atoms with Crippen LogP contribution in [0, 0.1) is 5.92 Å². The van der Waals surface area contributed by atoms with E-state index < -0.39 is 11.9 Å². The number of carboxylic acids is 1. The van der Waals surface area contributed by atoms with Crippen LogP contribution in [0.15, 0.2) is 40.7 Å². The lowest BCUT2D eigenvalue weighted by Crippen LogP contribution is -2.33. The second-order valence-electron chi connectivity index (χ2n) is 6.50. The van der Waals surface area contributed by atoms with Crippen LogP contribution in [0.25, 0.3) is 0 Å². The van der Waals surface area contributed by atoms with Gasteiger partial charge in [-0.2, -0.15) is 0 Å². The van der Waals surface area contributed by atoms with E-state index in [0.29, 0.717) is 11.6 Å². The van der Waals surface area contributed by atoms with Gasteiger partial charge in [0.2, 0.25) is 0 Å². The molecule has 1 aromatic rings. The van der Waals surface area contributed by atoms with Gasteiger partial charge in [0.05, 0.1) is 18.6 Å². The molecule has 1 atom stereocenters. The van der Waals surface area contributed by atoms with Crippen LogP contribution in [0.3, 0.4) is 0 Å². The van der Waals surface area contributed by atoms with E-state index in [1.165, 1.54) is 0 Å². The van der Waals surface area contributed by atoms with Crippen LogP contribution in [0.1, 0.15) is 25.5 Å². The predicted octanol–water partition coefficient (Wildman–Crippen LogP) is 1.76. The van der Waals surface area contributed by atoms with Gasteiger partial charge in [0.15, 0.2) is 0 Å². The molecule has 3 rings (SSSR count). The first-order chi connectivity index (χ1) is 12.3. The molecule has 8 nitrogen and oxygen atoms in total. The monoisotopic (exact) mass is 487 g/mol. The van der Waals surface area contributed by atoms with Crippen molar-refractivity contribution < 1.29 is 14.7 Å². The van der Waals surface area contributed by atoms with Crippen molar-refractivity contribution in [3.05, 3.63) is 41.2 Å². The van der Waals surface area contributed by atoms with Crippen LogP contribution < -0.4 is 16.4 Å². The van der Waals surface area contributed by atoms with Gasteiger partial charge in [-0.15, -0.1) is 24.0 Å². The third kappa shape index (κ3) is 5.67. The van der Waals surface area contributed by atoms with E-state index >= 15 is 0 Å². The first kappa shape index (κ1) is 22.9. The molecule has 2 aliphatic rings. The number of primary amides is 1. The quantitative estimate of drug-likeness (QED) is 0.470. The summed E-state index contributed by atoms with van der Waals surface area (Å²) in [5, 5.41) is 13.4. The maximum atomic E-state index is 11.6. The molecule has 0 saturated heterocycles. The average molecular weight is 487 g/mol. The second-order valence-corrected chi connectivity index (χ2v) is 6.50. The zero-order valence-electron chi connectivity index (χ0n) is 15.6. The fourth-order valence-corrected chi connectivity index (χ4v) is 2.92. The Kier molecular flexibility index (Phi) is 8.70. The molecule has 148 valence electrons. The normalized spacial score (nSPS) is 16.6. The Labute approximate surface area is 175 Å². The van der Waals surface area contributed by atoms with E-state index in [0.717, 1.165) is 23.5 Å². The number of benzene rings is 1. The van der Waals surface area contributed by atoms with Gasteiger partial charge in [-0.1, -0.05) is 32.0 Å². The SMILES string of the molecule is CC(C)CN1C=NC2=C(C(N)=O)Nc3ccccc3C21.CNCC(=O)O.I. The fraction of sp³-hybridized carbons (Fsp3) is 0.389. The van der Waals surface area contributed by atoms with Crippen molar-refractivity contribution in [1.82, 2.24) is 10.2 Å². The number of rotatable bonds is 5. The molecule has 1 unspecified atom stereocenters. The Hall–Kier alpha value is -2.14. The second kappa shape index (κ2) is 10.3. The molecule has 0 aliphatic carbocycles. The van der Waals surface area contributed by atoms with E-state index in [9.17, 15) is 9.59 Å². The first-order valence-corrected chi connectivity index (χ1v) is 8.41. The summed E-state index contributed by atoms with van der Waals surface area (Å²) in [6.45, 7) is 5.26. The number of fused-ring (bicyclic) bond motifs is 3. The minimum absolute atomic E-state index is 0. The molecule has 0 spiro atoms. The van der Waals surface area contributed by atoms with Gasteiger partial charge in [-0.25, -0.2) is 4.99 Å². The highest BCUT2D eigenvalue weighted by Crippen LogP contribution is 2.42. The third-order valence-corrected chi connectivity index (χ3v) is 3.86. The summed E-state index contributed by atoms with van der Waals surface area (Å²) in [6, 6.07) is 7.95. The molecule has 27 heavy (non-hydrogen) atoms. The lowest BCUT2D eigenvalue weighted by Gasteiger charge is -2.32. The lowest BCUT2D eigenvalue weighted by atomic mass is 9.95. The molecule has 1 amide bonds. The number of anilines is 1. The first-order valence-electron chi connectivity index (χ1n) is 8.41. The summed E-state index contributed by atoms with van der Waals surface area (Å²) in [6.07, 6.45) is 1.81. The standard InChI is InChI=1S/C15H18N4O.C3H7NO2.HI/c1-9(2)7-19-8-17-12-13(15(16)20)18-11-6-4-3-5-10(11)14(12)19;1-4-2-3(5)6;/h3-6,8-9,14,18H,7H2,1-2H3,(H2,16,20);4H,2H2,1H3,(H,5,6);1H. The summed E-state index contributed by atoms with van der Waals surface area (Å²) in [5.41, 5.74) is 8.65. The molecule has 0 fully saturated rings. The summed E-state index contributed by atoms with van der Waals surface area (Å²) >= 11 is 0. The molecule has 0 aromatic heterocycles. The highest BCUT2D eigenvalue weighted by Gasteiger charge is 2.36. The molecule has 2 aliphatic heterocycles. The summed E-state index contributed by atoms with van der Waals surface area (Å²) in [5.74, 6) is -0.777. The van der Waals surface area contributed by atoms with Crippen LogP contribution in [-0.4, -0.2) is 48.4 Å². The van der Waals surface area contributed by atoms with E-state index in [4.69, 9.17) is 10.8 Å². The van der Waals surface area contributed by atoms with Gasteiger partial charge < -0.3 is 26.4 Å². The molecule has 0 radical (unpaired) electrons. The van der Waals surface area contributed by atoms with Crippen LogP contribution >= 0.6 is 24.0 Å². The molecular weight excluding hydrogens is 461 g/mol. The van der Waals surface area contributed by atoms with Crippen molar-refractivity contribution in [3.8, 4) is 0 Å². The number of hydrogen-bond acceptors (Lipinski definition) is 6. The number of nitrogens with two attached hydrogens (primary N) is 1. The molecule has 5 N–H and O–H groups in total. The number of nitrogens with zero attached hydrogens (tertiary/aromatic N) is 2. The van der Waals surface area contributed by atoms with Gasteiger partial charge in [-0.05, 0) is 19.0 Å². The molecule has 0 saturated carbocycles. The number of nitrogens with one attached hydrogen (secondary N) is 2. The Balaban J connectivity index is 0.000000456. The minimum atomic E-state index is -0.822. The minimum Gasteiger partial charge on any atom is -0.480 e. The average Bonchev–Trinajstić information content (AvgIpc) is 2.97. The van der Waals surface area contributed by atoms with E-state index in [1.54, 1.807) is 7.05 Å². The number of likely N-dealkylation sites (N-methyl/N-ethyl adjacent to an activating group) is 1. The van der Waals surface area contributed by atoms with E-state index in [2.05, 4.69) is 40.4 Å². The van der Waals surface area contributed by atoms with Crippen molar-refractivity contribution in [3.63, 3.8) is 0 Å². The van der Waals surface area contributed by atoms with Crippen molar-refractivity contribution in [2.75, 3.05) is 25.5 Å². The molecule has 0 bridgehead atoms. The number of halogens is 1. The Bertz CT molecular complexity index is 748. The van der Waals surface area contributed by atoms with E-state index in [1.807, 2.05) is 24.5 Å². The van der Waals surface area contributed by atoms with Crippen LogP contribution in [0.5, 0.6) is 0 Å². The number of aliphatic imine (C=N–C) groups is 1. The molecule has 2 heterocycles. The topological polar surface area (TPSA) is 120 Å². The van der Waals surface area contributed by atoms with Crippen LogP contribution in [0.2, 0.25) is 0 Å². The Morgan fingerprint density at radius 3 is 2.56 bits per heavy atom. The summed E-state index contributed by atoms with van der Waals surface area (Å²) in [7, 11) is 1.59. The molecule has 1 aromatic carbocycles. The van der Waals surface area contributed by atoms with Gasteiger partial charge >= 0.3 is 5.97 Å². The van der Waals surface area contributed by atoms with Gasteiger partial charge in [0, 0.05) is 17.8 Å². The highest BCUT2D eigenvalue weighted by atomic mass is 127. The smallest absolute Gasteiger partial charge is 0.317 e. The van der Waals surface area contributed by atoms with Gasteiger partial charge in [0.25, 0.3) is 5.91 Å². The largest absolute Gasteiger partial charge is 0.480 e. The summed E-state index contributed by atoms with van der Waals surface area (Å²) < 4.78 is 0. The number of aliphatic carboxylic acids is 1. The maximum absolute atomic E-state index is 11.6. The molecular formula is C18H26IN5O3. The number of carboxylic acid groups (broad SMARTS) is 1.